The molecule has 2 bridgehead atoms. The molecule has 3 rings (SSSR count). The summed E-state index contributed by atoms with van der Waals surface area (Å²) in [7, 11) is 0. The van der Waals surface area contributed by atoms with E-state index in [0.717, 1.165) is 0 Å². The van der Waals surface area contributed by atoms with Gasteiger partial charge in [0.2, 0.25) is 0 Å². The van der Waals surface area contributed by atoms with Gasteiger partial charge < -0.3 is 29.2 Å². The molecule has 10 atom stereocenters. The highest BCUT2D eigenvalue weighted by molar-refractivity contribution is 5.67. The van der Waals surface area contributed by atoms with Gasteiger partial charge in [-0.05, 0) is 50.5 Å². The van der Waals surface area contributed by atoms with Crippen LogP contribution in [0.3, 0.4) is 0 Å². The van der Waals surface area contributed by atoms with Gasteiger partial charge in [-0.3, -0.25) is 14.4 Å². The summed E-state index contributed by atoms with van der Waals surface area (Å²) in [6, 6.07) is 0. The lowest BCUT2D eigenvalue weighted by Crippen LogP contribution is -2.59. The first kappa shape index (κ1) is 27.6. The molecule has 2 N–H and O–H groups in total. The summed E-state index contributed by atoms with van der Waals surface area (Å²) in [6.45, 7) is 15.5. The molecule has 198 valence electrons. The van der Waals surface area contributed by atoms with Crippen molar-refractivity contribution in [1.82, 2.24) is 0 Å². The van der Waals surface area contributed by atoms with Crippen molar-refractivity contribution in [3.63, 3.8) is 0 Å². The van der Waals surface area contributed by atoms with E-state index >= 15 is 0 Å². The summed E-state index contributed by atoms with van der Waals surface area (Å²) in [5.74, 6) is -2.05. The molecule has 2 saturated heterocycles. The Morgan fingerprint density at radius 3 is 2.20 bits per heavy atom. The maximum absolute atomic E-state index is 12.2. The minimum atomic E-state index is -1.86. The van der Waals surface area contributed by atoms with E-state index in [-0.39, 0.29) is 30.6 Å². The van der Waals surface area contributed by atoms with Crippen molar-refractivity contribution in [3.05, 3.63) is 12.2 Å². The molecule has 1 saturated carbocycles. The van der Waals surface area contributed by atoms with Crippen LogP contribution >= 0.6 is 0 Å². The molecule has 35 heavy (non-hydrogen) atoms. The van der Waals surface area contributed by atoms with Crippen molar-refractivity contribution in [2.24, 2.45) is 23.7 Å². The molecule has 0 unspecified atom stereocenters. The molecule has 2 aliphatic heterocycles. The fourth-order valence-electron chi connectivity index (χ4n) is 6.53. The molecule has 0 aromatic rings. The number of aliphatic hydroxyl groups excluding tert-OH is 1. The van der Waals surface area contributed by atoms with Gasteiger partial charge in [0.05, 0.1) is 6.10 Å². The Morgan fingerprint density at radius 2 is 1.69 bits per heavy atom. The Kier molecular flexibility index (Phi) is 7.75. The Labute approximate surface area is 207 Å². The van der Waals surface area contributed by atoms with Gasteiger partial charge in [-0.2, -0.15) is 0 Å². The first-order chi connectivity index (χ1) is 16.1. The second-order valence-electron chi connectivity index (χ2n) is 11.2. The lowest BCUT2D eigenvalue weighted by atomic mass is 9.59. The van der Waals surface area contributed by atoms with E-state index in [4.69, 9.17) is 18.9 Å². The van der Waals surface area contributed by atoms with Crippen LogP contribution in [0, 0.1) is 23.7 Å². The number of rotatable bonds is 4. The number of hydrogen-bond donors (Lipinski definition) is 2. The second-order valence-corrected chi connectivity index (χ2v) is 11.2. The van der Waals surface area contributed by atoms with Gasteiger partial charge in [-0.25, -0.2) is 0 Å². The van der Waals surface area contributed by atoms with Gasteiger partial charge in [0.1, 0.15) is 35.6 Å². The van der Waals surface area contributed by atoms with Crippen LogP contribution in [0.15, 0.2) is 12.2 Å². The largest absolute Gasteiger partial charge is 0.459 e. The predicted molar refractivity (Wildman–Crippen MR) is 125 cm³/mol. The molecule has 1 aliphatic carbocycles. The molecule has 3 fully saturated rings. The number of fused-ring (bicyclic) bond motifs is 5. The van der Waals surface area contributed by atoms with Gasteiger partial charge in [-0.1, -0.05) is 20.4 Å². The first-order valence-electron chi connectivity index (χ1n) is 12.4. The maximum atomic E-state index is 12.2. The summed E-state index contributed by atoms with van der Waals surface area (Å²) in [5, 5.41) is 23.0. The van der Waals surface area contributed by atoms with Crippen LogP contribution in [0.4, 0.5) is 0 Å². The summed E-state index contributed by atoms with van der Waals surface area (Å²) >= 11 is 0. The highest BCUT2D eigenvalue weighted by Crippen LogP contribution is 2.56. The molecule has 0 spiro atoms. The summed E-state index contributed by atoms with van der Waals surface area (Å²) in [6.07, 6.45) is -3.74. The molecule has 2 heterocycles. The highest BCUT2D eigenvalue weighted by atomic mass is 16.6. The van der Waals surface area contributed by atoms with Gasteiger partial charge in [0.25, 0.3) is 0 Å². The molecule has 9 heteroatoms. The summed E-state index contributed by atoms with van der Waals surface area (Å²) < 4.78 is 23.4. The van der Waals surface area contributed by atoms with E-state index in [1.807, 2.05) is 0 Å². The van der Waals surface area contributed by atoms with Crippen LogP contribution in [0.2, 0.25) is 0 Å². The molecule has 9 nitrogen and oxygen atoms in total. The zero-order valence-electron chi connectivity index (χ0n) is 21.8. The standard InChI is InChI=1S/C26H40O9/c1-12(2)17-11-18(32-14(4)27)13(3)20-21(17)24-25(7,35-16(6)29)10-9-19(33-15(5)28)26(8,31)23(30)22(20)34-24/h12,17-24,30-31H,3,9-11H2,1-2,4-8H3/t17-,18+,19+,20+,21-,22+,23+,24-,25-,26-/m1/s1. The predicted octanol–water partition coefficient (Wildman–Crippen LogP) is 2.31. The number of aliphatic hydroxyl groups is 2. The van der Waals surface area contributed by atoms with Gasteiger partial charge >= 0.3 is 17.9 Å². The third-order valence-corrected chi connectivity index (χ3v) is 8.16. The minimum absolute atomic E-state index is 0.000533. The zero-order valence-corrected chi connectivity index (χ0v) is 21.8. The van der Waals surface area contributed by atoms with Crippen molar-refractivity contribution in [1.29, 1.82) is 0 Å². The van der Waals surface area contributed by atoms with E-state index in [0.29, 0.717) is 12.0 Å². The van der Waals surface area contributed by atoms with Gasteiger partial charge in [0, 0.05) is 32.6 Å². The number of hydrogen-bond acceptors (Lipinski definition) is 9. The van der Waals surface area contributed by atoms with Crippen LogP contribution in [-0.2, 0) is 33.3 Å². The lowest BCUT2D eigenvalue weighted by molar-refractivity contribution is -0.197. The fraction of sp³-hybridized carbons (Fsp3) is 0.808. The summed E-state index contributed by atoms with van der Waals surface area (Å²) in [5.41, 5.74) is -2.39. The quantitative estimate of drug-likeness (QED) is 0.342. The van der Waals surface area contributed by atoms with E-state index < -0.39 is 65.5 Å². The van der Waals surface area contributed by atoms with Crippen LogP contribution in [0.25, 0.3) is 0 Å². The SMILES string of the molecule is C=C1[C@@H]2[C@@H]3O[C@H]([C@@H]2[C@@H](C(C)C)C[C@@H]1OC(C)=O)[C@](C)(OC(C)=O)CC[C@H](OC(C)=O)[C@@](C)(O)[C@H]3O. The van der Waals surface area contributed by atoms with Crippen molar-refractivity contribution in [2.75, 3.05) is 0 Å². The molecule has 0 radical (unpaired) electrons. The van der Waals surface area contributed by atoms with E-state index in [9.17, 15) is 24.6 Å². The van der Waals surface area contributed by atoms with Crippen LogP contribution in [0.1, 0.15) is 67.7 Å². The van der Waals surface area contributed by atoms with E-state index in [1.165, 1.54) is 27.7 Å². The normalized spacial score (nSPS) is 43.4. The second kappa shape index (κ2) is 9.82. The van der Waals surface area contributed by atoms with Crippen LogP contribution in [-0.4, -0.2) is 69.8 Å². The molecule has 0 amide bonds. The molecule has 0 aromatic carbocycles. The first-order valence-corrected chi connectivity index (χ1v) is 12.4. The Hall–Kier alpha value is -1.97. The van der Waals surface area contributed by atoms with Crippen LogP contribution in [0.5, 0.6) is 0 Å². The number of carbonyl (C=O) groups excluding carboxylic acids is 3. The molecular formula is C26H40O9. The maximum Gasteiger partial charge on any atom is 0.303 e. The average molecular weight is 497 g/mol. The Balaban J connectivity index is 2.17. The van der Waals surface area contributed by atoms with E-state index in [2.05, 4.69) is 20.4 Å². The number of esters is 3. The third kappa shape index (κ3) is 5.13. The van der Waals surface area contributed by atoms with Crippen molar-refractivity contribution in [3.8, 4) is 0 Å². The smallest absolute Gasteiger partial charge is 0.303 e. The van der Waals surface area contributed by atoms with Crippen molar-refractivity contribution >= 4 is 17.9 Å². The lowest BCUT2D eigenvalue weighted by Gasteiger charge is -2.48. The van der Waals surface area contributed by atoms with Gasteiger partial charge in [0.15, 0.2) is 0 Å². The zero-order chi connectivity index (χ0) is 26.5. The average Bonchev–Trinajstić information content (AvgIpc) is 3.12. The van der Waals surface area contributed by atoms with E-state index in [1.54, 1.807) is 6.92 Å². The Morgan fingerprint density at radius 1 is 1.09 bits per heavy atom. The highest BCUT2D eigenvalue weighted by Gasteiger charge is 2.64. The van der Waals surface area contributed by atoms with Crippen molar-refractivity contribution in [2.45, 2.75) is 109 Å². The molecular weight excluding hydrogens is 456 g/mol. The molecule has 3 aliphatic rings. The fourth-order valence-corrected chi connectivity index (χ4v) is 6.53. The molecule has 0 aromatic heterocycles. The number of ether oxygens (including phenoxy) is 4. The van der Waals surface area contributed by atoms with Crippen molar-refractivity contribution < 1.29 is 43.5 Å². The van der Waals surface area contributed by atoms with Gasteiger partial charge in [-0.15, -0.1) is 0 Å². The monoisotopic (exact) mass is 496 g/mol. The topological polar surface area (TPSA) is 129 Å². The minimum Gasteiger partial charge on any atom is -0.459 e. The Bertz CT molecular complexity index is 865. The van der Waals surface area contributed by atoms with Crippen LogP contribution < -0.4 is 0 Å². The summed E-state index contributed by atoms with van der Waals surface area (Å²) in [4.78, 5) is 35.9. The third-order valence-electron chi connectivity index (χ3n) is 8.16. The number of carbonyl (C=O) groups is 3.